The zero-order valence-corrected chi connectivity index (χ0v) is 9.29. The van der Waals surface area contributed by atoms with E-state index in [1.54, 1.807) is 24.3 Å². The smallest absolute Gasteiger partial charge is 0.275 e. The maximum atomic E-state index is 11.8. The molecule has 0 spiro atoms. The number of aromatic nitrogens is 2. The van der Waals surface area contributed by atoms with Crippen LogP contribution < -0.4 is 11.1 Å². The molecule has 0 atom stereocenters. The average molecular weight is 239 g/mol. The molecule has 1 heterocycles. The van der Waals surface area contributed by atoms with Crippen LogP contribution >= 0.6 is 0 Å². The summed E-state index contributed by atoms with van der Waals surface area (Å²) in [4.78, 5) is 19.4. The number of amides is 1. The number of nitriles is 1. The zero-order valence-electron chi connectivity index (χ0n) is 9.29. The van der Waals surface area contributed by atoms with E-state index in [0.29, 0.717) is 11.3 Å². The summed E-state index contributed by atoms with van der Waals surface area (Å²) in [7, 11) is 0. The van der Waals surface area contributed by atoms with Gasteiger partial charge in [-0.2, -0.15) is 5.26 Å². The molecule has 3 N–H and O–H groups in total. The molecule has 2 aromatic rings. The third-order valence-electron chi connectivity index (χ3n) is 2.18. The lowest BCUT2D eigenvalue weighted by molar-refractivity contribution is 0.102. The van der Waals surface area contributed by atoms with E-state index < -0.39 is 0 Å². The molecule has 1 amide bonds. The Morgan fingerprint density at radius 3 is 2.50 bits per heavy atom. The van der Waals surface area contributed by atoms with Crippen LogP contribution in [0.3, 0.4) is 0 Å². The highest BCUT2D eigenvalue weighted by molar-refractivity contribution is 6.02. The van der Waals surface area contributed by atoms with Crippen molar-refractivity contribution in [3.63, 3.8) is 0 Å². The third-order valence-corrected chi connectivity index (χ3v) is 2.18. The van der Waals surface area contributed by atoms with Crippen molar-refractivity contribution < 1.29 is 4.79 Å². The van der Waals surface area contributed by atoms with Gasteiger partial charge in [-0.3, -0.25) is 4.79 Å². The fraction of sp³-hybridized carbons (Fsp3) is 0. The van der Waals surface area contributed by atoms with Gasteiger partial charge >= 0.3 is 0 Å². The van der Waals surface area contributed by atoms with Crippen molar-refractivity contribution in [1.82, 2.24) is 9.97 Å². The van der Waals surface area contributed by atoms with E-state index in [-0.39, 0.29) is 17.4 Å². The first-order valence-corrected chi connectivity index (χ1v) is 5.08. The largest absolute Gasteiger partial charge is 0.382 e. The van der Waals surface area contributed by atoms with Gasteiger partial charge in [-0.25, -0.2) is 9.97 Å². The summed E-state index contributed by atoms with van der Waals surface area (Å²) >= 11 is 0. The number of rotatable bonds is 2. The highest BCUT2D eigenvalue weighted by atomic mass is 16.1. The van der Waals surface area contributed by atoms with Gasteiger partial charge in [0, 0.05) is 5.69 Å². The maximum Gasteiger partial charge on any atom is 0.275 e. The van der Waals surface area contributed by atoms with E-state index >= 15 is 0 Å². The number of carbonyl (C=O) groups excluding carboxylic acids is 1. The predicted octanol–water partition coefficient (Wildman–Crippen LogP) is 1.18. The van der Waals surface area contributed by atoms with E-state index in [1.165, 1.54) is 12.4 Å². The lowest BCUT2D eigenvalue weighted by Gasteiger charge is -2.04. The van der Waals surface area contributed by atoms with Crippen LogP contribution in [0.5, 0.6) is 0 Å². The second kappa shape index (κ2) is 4.93. The lowest BCUT2D eigenvalue weighted by atomic mass is 10.2. The predicted molar refractivity (Wildman–Crippen MR) is 65.6 cm³/mol. The topological polar surface area (TPSA) is 105 Å². The molecule has 0 aliphatic rings. The van der Waals surface area contributed by atoms with Gasteiger partial charge in [0.25, 0.3) is 5.91 Å². The SMILES string of the molecule is N#Cc1ccc(NC(=O)c2cnc(N)cn2)cc1. The fourth-order valence-electron chi connectivity index (χ4n) is 1.28. The van der Waals surface area contributed by atoms with Gasteiger partial charge in [-0.15, -0.1) is 0 Å². The minimum absolute atomic E-state index is 0.175. The highest BCUT2D eigenvalue weighted by Gasteiger charge is 2.07. The molecule has 6 nitrogen and oxygen atoms in total. The fourth-order valence-corrected chi connectivity index (χ4v) is 1.28. The van der Waals surface area contributed by atoms with Crippen LogP contribution in [0.1, 0.15) is 16.1 Å². The number of carbonyl (C=O) groups is 1. The number of hydrogen-bond acceptors (Lipinski definition) is 5. The van der Waals surface area contributed by atoms with Gasteiger partial charge in [0.1, 0.15) is 11.5 Å². The summed E-state index contributed by atoms with van der Waals surface area (Å²) in [5.41, 5.74) is 6.66. The minimum atomic E-state index is -0.382. The Hall–Kier alpha value is -2.94. The van der Waals surface area contributed by atoms with Crippen LogP contribution in [0.2, 0.25) is 0 Å². The summed E-state index contributed by atoms with van der Waals surface area (Å²) in [6.45, 7) is 0. The number of nitrogens with two attached hydrogens (primary N) is 1. The van der Waals surface area contributed by atoms with Crippen LogP contribution in [0.15, 0.2) is 36.7 Å². The molecule has 0 aliphatic carbocycles. The second-order valence-electron chi connectivity index (χ2n) is 3.47. The first-order chi connectivity index (χ1) is 8.69. The van der Waals surface area contributed by atoms with Crippen molar-refractivity contribution in [3.8, 4) is 6.07 Å². The van der Waals surface area contributed by atoms with Crippen LogP contribution in [-0.2, 0) is 0 Å². The zero-order chi connectivity index (χ0) is 13.0. The number of hydrogen-bond donors (Lipinski definition) is 2. The van der Waals surface area contributed by atoms with Gasteiger partial charge in [0.2, 0.25) is 0 Å². The first-order valence-electron chi connectivity index (χ1n) is 5.08. The van der Waals surface area contributed by atoms with Crippen LogP contribution in [0.4, 0.5) is 11.5 Å². The van der Waals surface area contributed by atoms with Crippen molar-refractivity contribution in [2.24, 2.45) is 0 Å². The molecule has 1 aromatic heterocycles. The molecule has 88 valence electrons. The standard InChI is InChI=1S/C12H9N5O/c13-5-8-1-3-9(4-2-8)17-12(18)10-6-16-11(14)7-15-10/h1-4,6-7H,(H2,14,16)(H,17,18). The normalized spacial score (nSPS) is 9.50. The first kappa shape index (κ1) is 11.5. The van der Waals surface area contributed by atoms with Crippen molar-refractivity contribution in [1.29, 1.82) is 5.26 Å². The monoisotopic (exact) mass is 239 g/mol. The molecule has 1 aromatic carbocycles. The summed E-state index contributed by atoms with van der Waals surface area (Å²) < 4.78 is 0. The summed E-state index contributed by atoms with van der Waals surface area (Å²) in [6.07, 6.45) is 2.61. The molecule has 0 saturated carbocycles. The number of anilines is 2. The third kappa shape index (κ3) is 2.59. The van der Waals surface area contributed by atoms with E-state index in [4.69, 9.17) is 11.0 Å². The van der Waals surface area contributed by atoms with Crippen molar-refractivity contribution >= 4 is 17.4 Å². The molecular formula is C12H9N5O. The Morgan fingerprint density at radius 1 is 1.22 bits per heavy atom. The summed E-state index contributed by atoms with van der Waals surface area (Å²) in [5, 5.41) is 11.3. The van der Waals surface area contributed by atoms with Gasteiger partial charge in [0.15, 0.2) is 0 Å². The molecule has 2 rings (SSSR count). The van der Waals surface area contributed by atoms with E-state index in [9.17, 15) is 4.79 Å². The molecule has 0 unspecified atom stereocenters. The van der Waals surface area contributed by atoms with Crippen molar-refractivity contribution in [2.75, 3.05) is 11.1 Å². The van der Waals surface area contributed by atoms with Gasteiger partial charge < -0.3 is 11.1 Å². The average Bonchev–Trinajstić information content (AvgIpc) is 2.40. The van der Waals surface area contributed by atoms with Crippen molar-refractivity contribution in [2.45, 2.75) is 0 Å². The number of nitrogens with zero attached hydrogens (tertiary/aromatic N) is 3. The van der Waals surface area contributed by atoms with Crippen LogP contribution in [0.25, 0.3) is 0 Å². The van der Waals surface area contributed by atoms with E-state index in [1.807, 2.05) is 6.07 Å². The van der Waals surface area contributed by atoms with Crippen LogP contribution in [-0.4, -0.2) is 15.9 Å². The number of benzene rings is 1. The van der Waals surface area contributed by atoms with Crippen molar-refractivity contribution in [3.05, 3.63) is 47.9 Å². The Bertz CT molecular complexity index is 598. The number of nitrogens with one attached hydrogen (secondary N) is 1. The molecule has 0 aliphatic heterocycles. The van der Waals surface area contributed by atoms with Gasteiger partial charge in [0.05, 0.1) is 24.0 Å². The number of nitrogen functional groups attached to an aromatic ring is 1. The Morgan fingerprint density at radius 2 is 1.94 bits per heavy atom. The Kier molecular flexibility index (Phi) is 3.16. The highest BCUT2D eigenvalue weighted by Crippen LogP contribution is 2.10. The summed E-state index contributed by atoms with van der Waals surface area (Å²) in [6, 6.07) is 8.51. The molecule has 0 fully saturated rings. The molecule has 6 heteroatoms. The van der Waals surface area contributed by atoms with Crippen LogP contribution in [0, 0.1) is 11.3 Å². The maximum absolute atomic E-state index is 11.8. The summed E-state index contributed by atoms with van der Waals surface area (Å²) in [5.74, 6) is -0.128. The van der Waals surface area contributed by atoms with E-state index in [0.717, 1.165) is 0 Å². The molecule has 18 heavy (non-hydrogen) atoms. The molecular weight excluding hydrogens is 230 g/mol. The minimum Gasteiger partial charge on any atom is -0.382 e. The Labute approximate surface area is 103 Å². The van der Waals surface area contributed by atoms with E-state index in [2.05, 4.69) is 15.3 Å². The molecule has 0 bridgehead atoms. The van der Waals surface area contributed by atoms with Gasteiger partial charge in [-0.1, -0.05) is 0 Å². The second-order valence-corrected chi connectivity index (χ2v) is 3.47. The quantitative estimate of drug-likeness (QED) is 0.818. The van der Waals surface area contributed by atoms with Gasteiger partial charge in [-0.05, 0) is 24.3 Å². The Balaban J connectivity index is 2.11. The lowest BCUT2D eigenvalue weighted by Crippen LogP contribution is -2.14. The molecule has 0 radical (unpaired) electrons. The molecule has 0 saturated heterocycles.